The van der Waals surface area contributed by atoms with Gasteiger partial charge in [-0.15, -0.1) is 0 Å². The number of piperidine rings is 2. The summed E-state index contributed by atoms with van der Waals surface area (Å²) in [4.78, 5) is 24.4. The molecule has 5 nitrogen and oxygen atoms in total. The molecule has 2 saturated heterocycles. The molecular formula is C11H18N2O3. The Morgan fingerprint density at radius 1 is 1.19 bits per heavy atom. The van der Waals surface area contributed by atoms with E-state index in [2.05, 4.69) is 4.90 Å². The predicted molar refractivity (Wildman–Crippen MR) is 58.1 cm³/mol. The van der Waals surface area contributed by atoms with Crippen molar-refractivity contribution in [1.82, 2.24) is 10.2 Å². The van der Waals surface area contributed by atoms with E-state index in [1.807, 2.05) is 5.32 Å². The maximum atomic E-state index is 11.6. The van der Waals surface area contributed by atoms with Crippen LogP contribution >= 0.6 is 0 Å². The molecule has 16 heavy (non-hydrogen) atoms. The summed E-state index contributed by atoms with van der Waals surface area (Å²) in [6, 6.07) is 0.493. The molecule has 0 saturated carbocycles. The van der Waals surface area contributed by atoms with Crippen molar-refractivity contribution >= 4 is 12.0 Å². The van der Waals surface area contributed by atoms with Crippen molar-refractivity contribution in [1.29, 1.82) is 0 Å². The van der Waals surface area contributed by atoms with Crippen molar-refractivity contribution in [2.24, 2.45) is 5.92 Å². The lowest BCUT2D eigenvalue weighted by Crippen LogP contribution is -2.49. The fourth-order valence-electron chi connectivity index (χ4n) is 2.83. The van der Waals surface area contributed by atoms with E-state index in [9.17, 15) is 9.59 Å². The molecule has 2 aliphatic rings. The van der Waals surface area contributed by atoms with Gasteiger partial charge in [-0.2, -0.15) is 0 Å². The molecule has 5 heteroatoms. The summed E-state index contributed by atoms with van der Waals surface area (Å²) in [6.45, 7) is 2.07. The Hall–Kier alpha value is -1.10. The third-order valence-electron chi connectivity index (χ3n) is 3.67. The van der Waals surface area contributed by atoms with E-state index in [-0.39, 0.29) is 11.8 Å². The van der Waals surface area contributed by atoms with Crippen LogP contribution in [0.1, 0.15) is 32.1 Å². The van der Waals surface area contributed by atoms with Gasteiger partial charge in [0.25, 0.3) is 0 Å². The monoisotopic (exact) mass is 226 g/mol. The number of hydrogen-bond donors (Lipinski definition) is 2. The quantitative estimate of drug-likeness (QED) is 0.701. The highest BCUT2D eigenvalue weighted by molar-refractivity contribution is 5.92. The number of fused-ring (bicyclic) bond motifs is 1. The highest BCUT2D eigenvalue weighted by atomic mass is 16.4. The van der Waals surface area contributed by atoms with Crippen LogP contribution in [0.5, 0.6) is 0 Å². The third kappa shape index (κ3) is 2.52. The summed E-state index contributed by atoms with van der Waals surface area (Å²) in [6.07, 6.45) is 4.00. The van der Waals surface area contributed by atoms with E-state index < -0.39 is 6.09 Å². The van der Waals surface area contributed by atoms with E-state index in [0.29, 0.717) is 6.04 Å². The van der Waals surface area contributed by atoms with Crippen LogP contribution in [0.15, 0.2) is 0 Å². The summed E-state index contributed by atoms with van der Waals surface area (Å²) < 4.78 is 0. The number of rotatable bonds is 1. The van der Waals surface area contributed by atoms with Crippen molar-refractivity contribution in [3.05, 3.63) is 0 Å². The van der Waals surface area contributed by atoms with Crippen LogP contribution in [-0.2, 0) is 4.79 Å². The number of carbonyl (C=O) groups is 2. The first-order valence-electron chi connectivity index (χ1n) is 5.94. The molecule has 0 aromatic heterocycles. The van der Waals surface area contributed by atoms with Crippen molar-refractivity contribution in [2.45, 2.75) is 38.1 Å². The first-order chi connectivity index (χ1) is 7.66. The Morgan fingerprint density at radius 2 is 2.00 bits per heavy atom. The van der Waals surface area contributed by atoms with Gasteiger partial charge in [0.2, 0.25) is 5.91 Å². The lowest BCUT2D eigenvalue weighted by atomic mass is 9.85. The van der Waals surface area contributed by atoms with Gasteiger partial charge in [0.05, 0.1) is 0 Å². The van der Waals surface area contributed by atoms with Gasteiger partial charge in [0.1, 0.15) is 0 Å². The van der Waals surface area contributed by atoms with Crippen LogP contribution in [-0.4, -0.2) is 41.1 Å². The third-order valence-corrected chi connectivity index (χ3v) is 3.67. The van der Waals surface area contributed by atoms with Crippen molar-refractivity contribution in [2.75, 3.05) is 13.1 Å². The van der Waals surface area contributed by atoms with E-state index in [1.54, 1.807) is 0 Å². The highest BCUT2D eigenvalue weighted by Gasteiger charge is 2.33. The Balaban J connectivity index is 1.89. The van der Waals surface area contributed by atoms with Gasteiger partial charge < -0.3 is 10.0 Å². The van der Waals surface area contributed by atoms with E-state index >= 15 is 0 Å². The Morgan fingerprint density at radius 3 is 2.75 bits per heavy atom. The highest BCUT2D eigenvalue weighted by Crippen LogP contribution is 2.29. The molecule has 0 radical (unpaired) electrons. The van der Waals surface area contributed by atoms with Crippen molar-refractivity contribution in [3.8, 4) is 0 Å². The number of nitrogens with one attached hydrogen (secondary N) is 1. The topological polar surface area (TPSA) is 69.6 Å². The predicted octanol–water partition coefficient (Wildman–Crippen LogP) is 1.05. The van der Waals surface area contributed by atoms with Crippen LogP contribution in [0.25, 0.3) is 0 Å². The fraction of sp³-hybridized carbons (Fsp3) is 0.818. The fourth-order valence-corrected chi connectivity index (χ4v) is 2.83. The number of nitrogens with zero attached hydrogens (tertiary/aromatic N) is 1. The standard InChI is InChI=1S/C11H18N2O3/c14-10(12-11(15)16)8-4-6-13-5-2-1-3-9(13)7-8/h8-9H,1-7H2,(H,12,14)(H,15,16). The summed E-state index contributed by atoms with van der Waals surface area (Å²) in [5.74, 6) is -0.437. The van der Waals surface area contributed by atoms with Crippen LogP contribution < -0.4 is 5.32 Å². The molecular weight excluding hydrogens is 208 g/mol. The minimum Gasteiger partial charge on any atom is -0.465 e. The van der Waals surface area contributed by atoms with Crippen LogP contribution in [0.2, 0.25) is 0 Å². The SMILES string of the molecule is O=C(O)NC(=O)C1CCN2CCCCC2C1. The first kappa shape index (κ1) is 11.4. The molecule has 0 aromatic rings. The van der Waals surface area contributed by atoms with Gasteiger partial charge in [-0.1, -0.05) is 6.42 Å². The number of hydrogen-bond acceptors (Lipinski definition) is 3. The number of amides is 2. The largest absolute Gasteiger partial charge is 0.465 e. The average molecular weight is 226 g/mol. The minimum absolute atomic E-state index is 0.115. The maximum absolute atomic E-state index is 11.6. The molecule has 0 aliphatic carbocycles. The molecule has 2 heterocycles. The Labute approximate surface area is 94.8 Å². The molecule has 2 fully saturated rings. The number of carboxylic acid groups (broad SMARTS) is 1. The second kappa shape index (κ2) is 4.82. The molecule has 0 aromatic carbocycles. The second-order valence-electron chi connectivity index (χ2n) is 4.70. The summed E-state index contributed by atoms with van der Waals surface area (Å²) in [7, 11) is 0. The first-order valence-corrected chi connectivity index (χ1v) is 5.94. The lowest BCUT2D eigenvalue weighted by molar-refractivity contribution is -0.126. The van der Waals surface area contributed by atoms with Gasteiger partial charge in [0.15, 0.2) is 0 Å². The average Bonchev–Trinajstić information content (AvgIpc) is 2.27. The minimum atomic E-state index is -1.24. The molecule has 0 bridgehead atoms. The smallest absolute Gasteiger partial charge is 0.411 e. The Bertz CT molecular complexity index is 293. The van der Waals surface area contributed by atoms with Crippen molar-refractivity contribution in [3.63, 3.8) is 0 Å². The van der Waals surface area contributed by atoms with E-state index in [0.717, 1.165) is 32.4 Å². The van der Waals surface area contributed by atoms with Gasteiger partial charge in [0, 0.05) is 12.0 Å². The maximum Gasteiger partial charge on any atom is 0.411 e. The van der Waals surface area contributed by atoms with E-state index in [1.165, 1.54) is 12.8 Å². The number of imide groups is 1. The molecule has 2 amide bonds. The molecule has 0 spiro atoms. The zero-order valence-corrected chi connectivity index (χ0v) is 9.32. The van der Waals surface area contributed by atoms with Gasteiger partial charge >= 0.3 is 6.09 Å². The lowest BCUT2D eigenvalue weighted by Gasteiger charge is -2.41. The Kier molecular flexibility index (Phi) is 3.43. The van der Waals surface area contributed by atoms with Gasteiger partial charge in [-0.25, -0.2) is 4.79 Å². The molecule has 2 rings (SSSR count). The molecule has 90 valence electrons. The normalized spacial score (nSPS) is 30.5. The summed E-state index contributed by atoms with van der Waals surface area (Å²) in [5, 5.41) is 10.5. The summed E-state index contributed by atoms with van der Waals surface area (Å²) in [5.41, 5.74) is 0. The van der Waals surface area contributed by atoms with Gasteiger partial charge in [-0.05, 0) is 38.8 Å². The second-order valence-corrected chi connectivity index (χ2v) is 4.70. The van der Waals surface area contributed by atoms with Crippen LogP contribution in [0.4, 0.5) is 4.79 Å². The van der Waals surface area contributed by atoms with Gasteiger partial charge in [-0.3, -0.25) is 10.1 Å². The molecule has 2 atom stereocenters. The molecule has 2 unspecified atom stereocenters. The van der Waals surface area contributed by atoms with Crippen LogP contribution in [0.3, 0.4) is 0 Å². The molecule has 2 N–H and O–H groups in total. The molecule has 2 aliphatic heterocycles. The number of carbonyl (C=O) groups excluding carboxylic acids is 1. The van der Waals surface area contributed by atoms with Crippen molar-refractivity contribution < 1.29 is 14.7 Å². The zero-order valence-electron chi connectivity index (χ0n) is 9.32. The zero-order chi connectivity index (χ0) is 11.5. The van der Waals surface area contributed by atoms with E-state index in [4.69, 9.17) is 5.11 Å². The summed E-state index contributed by atoms with van der Waals surface area (Å²) >= 11 is 0. The van der Waals surface area contributed by atoms with Crippen LogP contribution in [0, 0.1) is 5.92 Å².